The quantitative estimate of drug-likeness (QED) is 0.674. The number of hydrogen-bond acceptors (Lipinski definition) is 5. The molecule has 1 saturated heterocycles. The highest BCUT2D eigenvalue weighted by Crippen LogP contribution is 2.25. The van der Waals surface area contributed by atoms with E-state index in [9.17, 15) is 0 Å². The number of nitrogen functional groups attached to an aromatic ring is 1. The smallest absolute Gasteiger partial charge is 0.314 e. The zero-order chi connectivity index (χ0) is 10.7. The van der Waals surface area contributed by atoms with Crippen molar-refractivity contribution in [3.8, 4) is 0 Å². The maximum absolute atomic E-state index is 7.01. The van der Waals surface area contributed by atoms with Gasteiger partial charge in [-0.3, -0.25) is 0 Å². The molecule has 1 aliphatic rings. The first-order chi connectivity index (χ1) is 7.31. The summed E-state index contributed by atoms with van der Waals surface area (Å²) in [5, 5.41) is 0. The minimum Gasteiger partial charge on any atom is -0.378 e. The van der Waals surface area contributed by atoms with E-state index in [0.29, 0.717) is 19.0 Å². The maximum atomic E-state index is 7.01. The van der Waals surface area contributed by atoms with Gasteiger partial charge in [0, 0.05) is 13.1 Å². The van der Waals surface area contributed by atoms with E-state index in [0.717, 1.165) is 13.1 Å². The van der Waals surface area contributed by atoms with Gasteiger partial charge in [0.05, 0.1) is 19.4 Å². The van der Waals surface area contributed by atoms with Crippen LogP contribution in [0.1, 0.15) is 0 Å². The van der Waals surface area contributed by atoms with E-state index in [4.69, 9.17) is 17.0 Å². The predicted octanol–water partition coefficient (Wildman–Crippen LogP) is 0.446. The maximum Gasteiger partial charge on any atom is 0.314 e. The molecule has 2 heterocycles. The minimum atomic E-state index is 0.261. The fourth-order valence-electron chi connectivity index (χ4n) is 1.46. The molecule has 0 aromatic carbocycles. The van der Waals surface area contributed by atoms with Gasteiger partial charge in [0.1, 0.15) is 0 Å². The second-order valence-corrected chi connectivity index (χ2v) is 3.15. The number of anilines is 2. The lowest BCUT2D eigenvalue weighted by atomic mass is 10.4. The van der Waals surface area contributed by atoms with Crippen LogP contribution in [0.15, 0.2) is 6.20 Å². The summed E-state index contributed by atoms with van der Waals surface area (Å²) in [7, 11) is 0. The van der Waals surface area contributed by atoms with Gasteiger partial charge >= 0.3 is 5.82 Å². The van der Waals surface area contributed by atoms with Gasteiger partial charge in [0.2, 0.25) is 5.82 Å². The van der Waals surface area contributed by atoms with Crippen molar-refractivity contribution in [1.82, 2.24) is 9.97 Å². The summed E-state index contributed by atoms with van der Waals surface area (Å²) in [6.07, 6.45) is 1.47. The Labute approximate surface area is 87.5 Å². The topological polar surface area (TPSA) is 68.6 Å². The molecule has 0 aliphatic carbocycles. The zero-order valence-corrected chi connectivity index (χ0v) is 8.18. The Kier molecular flexibility index (Phi) is 2.65. The van der Waals surface area contributed by atoms with Gasteiger partial charge in [-0.15, -0.1) is 0 Å². The van der Waals surface area contributed by atoms with Crippen molar-refractivity contribution < 1.29 is 4.74 Å². The van der Waals surface area contributed by atoms with Crippen LogP contribution in [0.5, 0.6) is 0 Å². The number of rotatable bonds is 1. The van der Waals surface area contributed by atoms with E-state index in [-0.39, 0.29) is 11.6 Å². The van der Waals surface area contributed by atoms with Crippen molar-refractivity contribution >= 4 is 17.5 Å². The Morgan fingerprint density at radius 1 is 1.47 bits per heavy atom. The molecule has 0 radical (unpaired) electrons. The highest BCUT2D eigenvalue weighted by molar-refractivity contribution is 5.63. The van der Waals surface area contributed by atoms with Gasteiger partial charge in [-0.05, 0) is 0 Å². The summed E-state index contributed by atoms with van der Waals surface area (Å²) < 4.78 is 5.23. The molecule has 78 valence electrons. The molecule has 0 spiro atoms. The monoisotopic (exact) mass is 205 g/mol. The summed E-state index contributed by atoms with van der Waals surface area (Å²) in [6.45, 7) is 9.80. The first kappa shape index (κ1) is 9.68. The van der Waals surface area contributed by atoms with E-state index in [2.05, 4.69) is 14.8 Å². The van der Waals surface area contributed by atoms with Crippen LogP contribution in [0, 0.1) is 6.57 Å². The summed E-state index contributed by atoms with van der Waals surface area (Å²) in [6, 6.07) is 0. The lowest BCUT2D eigenvalue weighted by Crippen LogP contribution is -2.36. The van der Waals surface area contributed by atoms with Crippen molar-refractivity contribution in [3.63, 3.8) is 0 Å². The lowest BCUT2D eigenvalue weighted by Gasteiger charge is -2.28. The van der Waals surface area contributed by atoms with Gasteiger partial charge in [0.15, 0.2) is 5.82 Å². The molecule has 15 heavy (non-hydrogen) atoms. The van der Waals surface area contributed by atoms with E-state index >= 15 is 0 Å². The number of hydrogen-bond donors (Lipinski definition) is 1. The van der Waals surface area contributed by atoms with Crippen molar-refractivity contribution in [2.45, 2.75) is 0 Å². The molecule has 2 rings (SSSR count). The fraction of sp³-hybridized carbons (Fsp3) is 0.444. The Balaban J connectivity index is 2.30. The molecule has 1 fully saturated rings. The third-order valence-corrected chi connectivity index (χ3v) is 2.17. The van der Waals surface area contributed by atoms with Crippen LogP contribution in [0.4, 0.5) is 17.5 Å². The summed E-state index contributed by atoms with van der Waals surface area (Å²) in [5.74, 6) is 1.14. The van der Waals surface area contributed by atoms with Gasteiger partial charge in [0.25, 0.3) is 0 Å². The van der Waals surface area contributed by atoms with E-state index < -0.39 is 0 Å². The first-order valence-corrected chi connectivity index (χ1v) is 4.64. The third-order valence-electron chi connectivity index (χ3n) is 2.17. The van der Waals surface area contributed by atoms with Gasteiger partial charge < -0.3 is 20.2 Å². The van der Waals surface area contributed by atoms with Crippen LogP contribution in [0.3, 0.4) is 0 Å². The van der Waals surface area contributed by atoms with E-state index in [1.165, 1.54) is 6.20 Å². The molecule has 1 aliphatic heterocycles. The lowest BCUT2D eigenvalue weighted by molar-refractivity contribution is 0.122. The first-order valence-electron chi connectivity index (χ1n) is 4.64. The summed E-state index contributed by atoms with van der Waals surface area (Å²) in [4.78, 5) is 13.4. The highest BCUT2D eigenvalue weighted by atomic mass is 16.5. The fourth-order valence-corrected chi connectivity index (χ4v) is 1.46. The van der Waals surface area contributed by atoms with Crippen LogP contribution >= 0.6 is 0 Å². The molecule has 0 bridgehead atoms. The zero-order valence-electron chi connectivity index (χ0n) is 8.18. The Morgan fingerprint density at radius 3 is 2.87 bits per heavy atom. The minimum absolute atomic E-state index is 0.261. The summed E-state index contributed by atoms with van der Waals surface area (Å²) >= 11 is 0. The Hall–Kier alpha value is -1.87. The molecule has 0 atom stereocenters. The molecular weight excluding hydrogens is 194 g/mol. The van der Waals surface area contributed by atoms with Gasteiger partial charge in [-0.25, -0.2) is 4.98 Å². The average molecular weight is 205 g/mol. The number of nitrogens with zero attached hydrogens (tertiary/aromatic N) is 4. The van der Waals surface area contributed by atoms with Gasteiger partial charge in [-0.1, -0.05) is 11.6 Å². The van der Waals surface area contributed by atoms with Crippen LogP contribution in [0.25, 0.3) is 4.85 Å². The largest absolute Gasteiger partial charge is 0.378 e. The summed E-state index contributed by atoms with van der Waals surface area (Å²) in [5.41, 5.74) is 5.47. The van der Waals surface area contributed by atoms with Crippen LogP contribution in [0.2, 0.25) is 0 Å². The van der Waals surface area contributed by atoms with Crippen LogP contribution < -0.4 is 10.6 Å². The molecule has 1 aromatic heterocycles. The van der Waals surface area contributed by atoms with Gasteiger partial charge in [-0.2, -0.15) is 0 Å². The number of ether oxygens (including phenoxy) is 1. The third kappa shape index (κ3) is 1.97. The van der Waals surface area contributed by atoms with Crippen molar-refractivity contribution in [2.75, 3.05) is 36.9 Å². The van der Waals surface area contributed by atoms with Crippen molar-refractivity contribution in [3.05, 3.63) is 17.6 Å². The molecule has 0 amide bonds. The van der Waals surface area contributed by atoms with E-state index in [1.807, 2.05) is 4.90 Å². The molecule has 0 unspecified atom stereocenters. The number of morpholine rings is 1. The number of aromatic nitrogens is 2. The van der Waals surface area contributed by atoms with E-state index in [1.54, 1.807) is 0 Å². The second kappa shape index (κ2) is 4.11. The average Bonchev–Trinajstić information content (AvgIpc) is 2.30. The molecular formula is C9H11N5O. The predicted molar refractivity (Wildman–Crippen MR) is 55.7 cm³/mol. The SMILES string of the molecule is [C-]#[N+]c1nc(N)cnc1N1CCOCC1. The Bertz CT molecular complexity index is 394. The highest BCUT2D eigenvalue weighted by Gasteiger charge is 2.17. The van der Waals surface area contributed by atoms with Crippen LogP contribution in [-0.4, -0.2) is 36.3 Å². The molecule has 1 aromatic rings. The normalized spacial score (nSPS) is 16.1. The van der Waals surface area contributed by atoms with Crippen LogP contribution in [-0.2, 0) is 4.74 Å². The molecule has 6 nitrogen and oxygen atoms in total. The van der Waals surface area contributed by atoms with Crippen molar-refractivity contribution in [1.29, 1.82) is 0 Å². The van der Waals surface area contributed by atoms with Crippen molar-refractivity contribution in [2.24, 2.45) is 0 Å². The molecule has 0 saturated carbocycles. The number of nitrogens with two attached hydrogens (primary N) is 1. The Morgan fingerprint density at radius 2 is 2.20 bits per heavy atom. The second-order valence-electron chi connectivity index (χ2n) is 3.15. The molecule has 2 N–H and O–H groups in total. The standard InChI is InChI=1S/C9H11N5O/c1-11-8-9(12-6-7(10)13-8)14-2-4-15-5-3-14/h6H,2-5H2,(H2,10,13). The molecule has 6 heteroatoms.